The predicted molar refractivity (Wildman–Crippen MR) is 103 cm³/mol. The molecule has 3 aromatic rings. The van der Waals surface area contributed by atoms with Crippen LogP contribution in [-0.2, 0) is 0 Å². The molecule has 24 heavy (non-hydrogen) atoms. The van der Waals surface area contributed by atoms with Crippen molar-refractivity contribution >= 4 is 17.6 Å². The Balaban J connectivity index is 2.05. The Hall–Kier alpha value is -2.46. The largest absolute Gasteiger partial charge is 0.261 e. The van der Waals surface area contributed by atoms with Crippen molar-refractivity contribution in [3.8, 4) is 11.3 Å². The zero-order valence-corrected chi connectivity index (χ0v) is 15.3. The van der Waals surface area contributed by atoms with Crippen molar-refractivity contribution in [2.45, 2.75) is 20.8 Å². The lowest BCUT2D eigenvalue weighted by molar-refractivity contribution is 0.848. The summed E-state index contributed by atoms with van der Waals surface area (Å²) in [6, 6.07) is 14.9. The predicted octanol–water partition coefficient (Wildman–Crippen LogP) is 4.55. The molecular formula is C20H21N3S. The molecule has 3 nitrogen and oxygen atoms in total. The van der Waals surface area contributed by atoms with Gasteiger partial charge in [0.05, 0.1) is 11.9 Å². The summed E-state index contributed by atoms with van der Waals surface area (Å²) in [6.07, 6.45) is 1.91. The van der Waals surface area contributed by atoms with Crippen molar-refractivity contribution < 1.29 is 0 Å². The maximum atomic E-state index is 4.70. The summed E-state index contributed by atoms with van der Waals surface area (Å²) in [5.74, 6) is 0. The zero-order valence-electron chi connectivity index (χ0n) is 14.4. The summed E-state index contributed by atoms with van der Waals surface area (Å²) in [5, 5.41) is 6.81. The molecule has 4 heteroatoms. The molecule has 2 aromatic carbocycles. The summed E-state index contributed by atoms with van der Waals surface area (Å²) < 4.78 is 1.91. The Morgan fingerprint density at radius 1 is 0.958 bits per heavy atom. The molecule has 1 aromatic heterocycles. The van der Waals surface area contributed by atoms with Gasteiger partial charge in [-0.3, -0.25) is 4.99 Å². The van der Waals surface area contributed by atoms with E-state index in [0.29, 0.717) is 0 Å². The number of thiazole rings is 1. The monoisotopic (exact) mass is 335 g/mol. The highest BCUT2D eigenvalue weighted by molar-refractivity contribution is 7.07. The third-order valence-electron chi connectivity index (χ3n) is 3.96. The van der Waals surface area contributed by atoms with Gasteiger partial charge < -0.3 is 0 Å². The van der Waals surface area contributed by atoms with Crippen LogP contribution in [0.2, 0.25) is 0 Å². The van der Waals surface area contributed by atoms with Crippen LogP contribution < -0.4 is 4.80 Å². The number of nitrogens with zero attached hydrogens (tertiary/aromatic N) is 3. The van der Waals surface area contributed by atoms with E-state index in [1.54, 1.807) is 18.4 Å². The Morgan fingerprint density at radius 2 is 1.67 bits per heavy atom. The molecule has 0 fully saturated rings. The molecule has 0 saturated carbocycles. The van der Waals surface area contributed by atoms with Gasteiger partial charge in [0.15, 0.2) is 0 Å². The van der Waals surface area contributed by atoms with E-state index in [2.05, 4.69) is 73.6 Å². The SMILES string of the molecule is CN=c1scc(-c2ccc(C)cc2)n1N=Cc1ccc(C)cc1C. The highest BCUT2D eigenvalue weighted by Gasteiger charge is 2.07. The average Bonchev–Trinajstić information content (AvgIpc) is 2.97. The highest BCUT2D eigenvalue weighted by atomic mass is 32.1. The van der Waals surface area contributed by atoms with Crippen LogP contribution in [0.5, 0.6) is 0 Å². The number of hydrogen-bond donors (Lipinski definition) is 0. The normalized spacial score (nSPS) is 12.2. The minimum Gasteiger partial charge on any atom is -0.261 e. The number of aromatic nitrogens is 1. The first-order valence-corrected chi connectivity index (χ1v) is 8.78. The van der Waals surface area contributed by atoms with E-state index in [-0.39, 0.29) is 0 Å². The van der Waals surface area contributed by atoms with Crippen molar-refractivity contribution in [3.63, 3.8) is 0 Å². The van der Waals surface area contributed by atoms with Crippen molar-refractivity contribution in [3.05, 3.63) is 74.9 Å². The summed E-state index contributed by atoms with van der Waals surface area (Å²) in [7, 11) is 1.80. The van der Waals surface area contributed by atoms with E-state index in [0.717, 1.165) is 21.6 Å². The fourth-order valence-electron chi connectivity index (χ4n) is 2.58. The molecule has 0 aliphatic carbocycles. The molecule has 0 bridgehead atoms. The maximum absolute atomic E-state index is 4.70. The summed E-state index contributed by atoms with van der Waals surface area (Å²) in [4.78, 5) is 5.23. The van der Waals surface area contributed by atoms with E-state index in [9.17, 15) is 0 Å². The van der Waals surface area contributed by atoms with Crippen molar-refractivity contribution in [1.29, 1.82) is 0 Å². The van der Waals surface area contributed by atoms with Crippen LogP contribution >= 0.6 is 11.3 Å². The van der Waals surface area contributed by atoms with Gasteiger partial charge in [-0.15, -0.1) is 11.3 Å². The second-order valence-corrected chi connectivity index (χ2v) is 6.75. The summed E-state index contributed by atoms with van der Waals surface area (Å²) >= 11 is 1.60. The third kappa shape index (κ3) is 3.39. The van der Waals surface area contributed by atoms with Gasteiger partial charge in [-0.2, -0.15) is 5.10 Å². The van der Waals surface area contributed by atoms with Crippen LogP contribution in [0.25, 0.3) is 11.3 Å². The zero-order chi connectivity index (χ0) is 17.1. The van der Waals surface area contributed by atoms with Crippen LogP contribution in [0, 0.1) is 20.8 Å². The molecule has 0 aliphatic rings. The lowest BCUT2D eigenvalue weighted by Crippen LogP contribution is -2.11. The summed E-state index contributed by atoms with van der Waals surface area (Å²) in [5.41, 5.74) is 7.06. The minimum atomic E-state index is 0.881. The van der Waals surface area contributed by atoms with E-state index in [1.807, 2.05) is 10.9 Å². The molecule has 0 radical (unpaired) electrons. The fraction of sp³-hybridized carbons (Fsp3) is 0.200. The summed E-state index contributed by atoms with van der Waals surface area (Å²) in [6.45, 7) is 6.31. The van der Waals surface area contributed by atoms with Crippen LogP contribution in [0.3, 0.4) is 0 Å². The average molecular weight is 335 g/mol. The molecule has 0 aliphatic heterocycles. The standard InChI is InChI=1S/C20H21N3S/c1-14-5-8-17(9-6-14)19-13-24-20(21-4)23(19)22-12-18-10-7-15(2)11-16(18)3/h5-13H,1-4H3. The first-order chi connectivity index (χ1) is 11.6. The molecule has 0 unspecified atom stereocenters. The molecule has 122 valence electrons. The second kappa shape index (κ2) is 6.97. The molecule has 3 rings (SSSR count). The maximum Gasteiger partial charge on any atom is 0.205 e. The van der Waals surface area contributed by atoms with Crippen molar-refractivity contribution in [1.82, 2.24) is 4.68 Å². The number of aryl methyl sites for hydroxylation is 3. The van der Waals surface area contributed by atoms with E-state index in [1.165, 1.54) is 16.7 Å². The Labute approximate surface area is 146 Å². The van der Waals surface area contributed by atoms with E-state index >= 15 is 0 Å². The Bertz CT molecular complexity index is 944. The van der Waals surface area contributed by atoms with Gasteiger partial charge >= 0.3 is 0 Å². The smallest absolute Gasteiger partial charge is 0.205 e. The molecule has 0 atom stereocenters. The lowest BCUT2D eigenvalue weighted by Gasteiger charge is -2.05. The van der Waals surface area contributed by atoms with Crippen LogP contribution in [0.15, 0.2) is 57.9 Å². The van der Waals surface area contributed by atoms with Crippen LogP contribution in [0.1, 0.15) is 22.3 Å². The van der Waals surface area contributed by atoms with Gasteiger partial charge in [0.2, 0.25) is 4.80 Å². The quantitative estimate of drug-likeness (QED) is 0.628. The van der Waals surface area contributed by atoms with E-state index < -0.39 is 0 Å². The Kier molecular flexibility index (Phi) is 4.76. The van der Waals surface area contributed by atoms with Gasteiger partial charge in [0, 0.05) is 18.0 Å². The lowest BCUT2D eigenvalue weighted by atomic mass is 10.1. The van der Waals surface area contributed by atoms with Crippen molar-refractivity contribution in [2.75, 3.05) is 7.05 Å². The van der Waals surface area contributed by atoms with Gasteiger partial charge in [-0.25, -0.2) is 4.68 Å². The first-order valence-electron chi connectivity index (χ1n) is 7.90. The highest BCUT2D eigenvalue weighted by Crippen LogP contribution is 2.20. The topological polar surface area (TPSA) is 29.6 Å². The molecule has 1 heterocycles. The molecule has 0 spiro atoms. The van der Waals surface area contributed by atoms with E-state index in [4.69, 9.17) is 5.10 Å². The molecule has 0 amide bonds. The van der Waals surface area contributed by atoms with Gasteiger partial charge in [-0.05, 0) is 31.9 Å². The Morgan fingerprint density at radius 3 is 2.33 bits per heavy atom. The molecule has 0 N–H and O–H groups in total. The minimum absolute atomic E-state index is 0.881. The first kappa shape index (κ1) is 16.4. The number of benzene rings is 2. The third-order valence-corrected chi connectivity index (χ3v) is 4.87. The van der Waals surface area contributed by atoms with Gasteiger partial charge in [0.25, 0.3) is 0 Å². The number of hydrogen-bond acceptors (Lipinski definition) is 3. The fourth-order valence-corrected chi connectivity index (χ4v) is 3.38. The molecule has 0 saturated heterocycles. The van der Waals surface area contributed by atoms with Gasteiger partial charge in [-0.1, -0.05) is 53.6 Å². The van der Waals surface area contributed by atoms with Crippen molar-refractivity contribution in [2.24, 2.45) is 10.1 Å². The molecular weight excluding hydrogens is 314 g/mol. The number of rotatable bonds is 3. The van der Waals surface area contributed by atoms with Crippen LogP contribution in [0.4, 0.5) is 0 Å². The van der Waals surface area contributed by atoms with Gasteiger partial charge in [0.1, 0.15) is 0 Å². The second-order valence-electron chi connectivity index (χ2n) is 5.91. The van der Waals surface area contributed by atoms with Crippen LogP contribution in [-0.4, -0.2) is 17.9 Å².